The summed E-state index contributed by atoms with van der Waals surface area (Å²) in [6, 6.07) is 7.46. The van der Waals surface area contributed by atoms with Crippen molar-refractivity contribution in [2.75, 3.05) is 6.54 Å². The number of benzene rings is 1. The standard InChI is InChI=1S/C32H40N8O4/c1-19(37-29(41)43-31(2,3)4)27-35-18-25(39-27)24-17-33-22(15-34-24)20-10-12-21(13-11-20)23-16-36-28(38-23)26-9-8-14-40(26)30(42)44-32(5,6)7/h10-13,15-19,26H,8-9,14H2,1-7H3,(H,35,39)(H,36,38)(H,37,41)/t19-,26?/m0/s1. The molecule has 0 radical (unpaired) electrons. The summed E-state index contributed by atoms with van der Waals surface area (Å²) >= 11 is 0. The SMILES string of the molecule is C[C@H](NC(=O)OC(C)(C)C)c1ncc(-c2cnc(-c3ccc(-c4cnc(C5CCCN5C(=O)OC(C)(C)C)[nH]4)cc3)cn2)[nH]1. The molecule has 4 aromatic rings. The maximum atomic E-state index is 12.7. The zero-order chi connectivity index (χ0) is 31.6. The van der Waals surface area contributed by atoms with E-state index in [4.69, 9.17) is 9.47 Å². The third-order valence-electron chi connectivity index (χ3n) is 6.95. The Bertz CT molecular complexity index is 1600. The number of rotatable bonds is 6. The topological polar surface area (TPSA) is 151 Å². The number of nitrogens with one attached hydrogen (secondary N) is 3. The highest BCUT2D eigenvalue weighted by Gasteiger charge is 2.34. The van der Waals surface area contributed by atoms with Gasteiger partial charge in [0.15, 0.2) is 0 Å². The van der Waals surface area contributed by atoms with E-state index in [1.165, 1.54) is 0 Å². The summed E-state index contributed by atoms with van der Waals surface area (Å²) in [6.07, 6.45) is 7.78. The molecule has 4 heterocycles. The number of ether oxygens (including phenoxy) is 2. The average Bonchev–Trinajstić information content (AvgIpc) is 3.72. The van der Waals surface area contributed by atoms with Crippen molar-refractivity contribution in [1.29, 1.82) is 0 Å². The van der Waals surface area contributed by atoms with Gasteiger partial charge in [-0.25, -0.2) is 19.6 Å². The molecule has 3 aromatic heterocycles. The molecule has 5 rings (SSSR count). The predicted molar refractivity (Wildman–Crippen MR) is 165 cm³/mol. The van der Waals surface area contributed by atoms with Crippen LogP contribution in [-0.2, 0) is 9.47 Å². The van der Waals surface area contributed by atoms with Crippen LogP contribution in [0.25, 0.3) is 33.9 Å². The fourth-order valence-corrected chi connectivity index (χ4v) is 4.92. The molecule has 1 saturated heterocycles. The summed E-state index contributed by atoms with van der Waals surface area (Å²) < 4.78 is 10.9. The number of amides is 2. The normalized spacial score (nSPS) is 16.1. The fraction of sp³-hybridized carbons (Fsp3) is 0.438. The second-order valence-corrected chi connectivity index (χ2v) is 12.9. The number of hydrogen-bond acceptors (Lipinski definition) is 8. The Morgan fingerprint density at radius 2 is 1.48 bits per heavy atom. The molecule has 12 nitrogen and oxygen atoms in total. The molecule has 0 spiro atoms. The molecule has 1 aliphatic rings. The highest BCUT2D eigenvalue weighted by Crippen LogP contribution is 2.33. The third-order valence-corrected chi connectivity index (χ3v) is 6.95. The fourth-order valence-electron chi connectivity index (χ4n) is 4.92. The van der Waals surface area contributed by atoms with E-state index in [0.717, 1.165) is 41.2 Å². The van der Waals surface area contributed by atoms with Gasteiger partial charge in [0.2, 0.25) is 0 Å². The monoisotopic (exact) mass is 600 g/mol. The number of aromatic amines is 2. The Morgan fingerprint density at radius 1 is 0.841 bits per heavy atom. The van der Waals surface area contributed by atoms with Crippen molar-refractivity contribution >= 4 is 12.2 Å². The summed E-state index contributed by atoms with van der Waals surface area (Å²) in [5.41, 5.74) is 3.67. The first-order chi connectivity index (χ1) is 20.8. The molecular formula is C32H40N8O4. The number of imidazole rings is 2. The third kappa shape index (κ3) is 7.42. The van der Waals surface area contributed by atoms with E-state index in [9.17, 15) is 9.59 Å². The minimum atomic E-state index is -0.583. The Morgan fingerprint density at radius 3 is 2.14 bits per heavy atom. The molecular weight excluding hydrogens is 560 g/mol. The molecule has 44 heavy (non-hydrogen) atoms. The van der Waals surface area contributed by atoms with Gasteiger partial charge in [-0.3, -0.25) is 14.9 Å². The molecule has 2 amide bonds. The van der Waals surface area contributed by atoms with E-state index < -0.39 is 17.3 Å². The molecule has 1 unspecified atom stereocenters. The lowest BCUT2D eigenvalue weighted by Crippen LogP contribution is -2.36. The number of hydrogen-bond donors (Lipinski definition) is 3. The number of aromatic nitrogens is 6. The minimum absolute atomic E-state index is 0.137. The second-order valence-electron chi connectivity index (χ2n) is 12.9. The minimum Gasteiger partial charge on any atom is -0.444 e. The van der Waals surface area contributed by atoms with Gasteiger partial charge in [0.1, 0.15) is 28.5 Å². The quantitative estimate of drug-likeness (QED) is 0.224. The van der Waals surface area contributed by atoms with Gasteiger partial charge in [0.05, 0.1) is 54.0 Å². The van der Waals surface area contributed by atoms with Crippen molar-refractivity contribution in [1.82, 2.24) is 40.1 Å². The molecule has 12 heteroatoms. The maximum absolute atomic E-state index is 12.7. The molecule has 2 atom stereocenters. The van der Waals surface area contributed by atoms with Gasteiger partial charge in [-0.15, -0.1) is 0 Å². The zero-order valence-electron chi connectivity index (χ0n) is 26.3. The summed E-state index contributed by atoms with van der Waals surface area (Å²) in [7, 11) is 0. The summed E-state index contributed by atoms with van der Waals surface area (Å²) in [6.45, 7) is 13.5. The smallest absolute Gasteiger partial charge is 0.410 e. The summed E-state index contributed by atoms with van der Waals surface area (Å²) in [4.78, 5) is 51.4. The van der Waals surface area contributed by atoms with Crippen LogP contribution in [0.2, 0.25) is 0 Å². The number of carbonyl (C=O) groups is 2. The van der Waals surface area contributed by atoms with Crippen LogP contribution in [0.4, 0.5) is 9.59 Å². The van der Waals surface area contributed by atoms with Crippen molar-refractivity contribution in [3.8, 4) is 33.9 Å². The molecule has 3 N–H and O–H groups in total. The van der Waals surface area contributed by atoms with Gasteiger partial charge in [-0.05, 0) is 66.9 Å². The first kappa shape index (κ1) is 30.7. The van der Waals surface area contributed by atoms with Crippen LogP contribution in [0.5, 0.6) is 0 Å². The Labute approximate surface area is 257 Å². The van der Waals surface area contributed by atoms with Crippen LogP contribution in [0.15, 0.2) is 49.1 Å². The number of nitrogens with zero attached hydrogens (tertiary/aromatic N) is 5. The Kier molecular flexibility index (Phi) is 8.44. The Balaban J connectivity index is 1.22. The summed E-state index contributed by atoms with van der Waals surface area (Å²) in [5, 5.41) is 2.78. The van der Waals surface area contributed by atoms with Crippen LogP contribution in [0.3, 0.4) is 0 Å². The van der Waals surface area contributed by atoms with E-state index in [2.05, 4.69) is 35.2 Å². The molecule has 1 aliphatic heterocycles. The van der Waals surface area contributed by atoms with Gasteiger partial charge in [0.25, 0.3) is 0 Å². The van der Waals surface area contributed by atoms with Crippen LogP contribution in [0, 0.1) is 0 Å². The lowest BCUT2D eigenvalue weighted by Gasteiger charge is -2.27. The molecule has 232 valence electrons. The lowest BCUT2D eigenvalue weighted by atomic mass is 10.1. The van der Waals surface area contributed by atoms with Crippen molar-refractivity contribution in [2.24, 2.45) is 0 Å². The van der Waals surface area contributed by atoms with Crippen LogP contribution >= 0.6 is 0 Å². The molecule has 1 aromatic carbocycles. The van der Waals surface area contributed by atoms with E-state index >= 15 is 0 Å². The van der Waals surface area contributed by atoms with Crippen molar-refractivity contribution in [3.05, 3.63) is 60.7 Å². The maximum Gasteiger partial charge on any atom is 0.410 e. The van der Waals surface area contributed by atoms with Crippen molar-refractivity contribution in [3.63, 3.8) is 0 Å². The molecule has 0 saturated carbocycles. The van der Waals surface area contributed by atoms with Crippen LogP contribution in [0.1, 0.15) is 85.0 Å². The second kappa shape index (κ2) is 12.1. The van der Waals surface area contributed by atoms with Gasteiger partial charge in [-0.1, -0.05) is 24.3 Å². The van der Waals surface area contributed by atoms with Gasteiger partial charge in [-0.2, -0.15) is 0 Å². The Hall–Kier alpha value is -4.74. The molecule has 0 aliphatic carbocycles. The first-order valence-electron chi connectivity index (χ1n) is 14.8. The van der Waals surface area contributed by atoms with Gasteiger partial charge >= 0.3 is 12.2 Å². The largest absolute Gasteiger partial charge is 0.444 e. The van der Waals surface area contributed by atoms with E-state index in [0.29, 0.717) is 23.8 Å². The number of alkyl carbamates (subject to hydrolysis) is 1. The van der Waals surface area contributed by atoms with Crippen LogP contribution < -0.4 is 5.32 Å². The van der Waals surface area contributed by atoms with Gasteiger partial charge in [0, 0.05) is 12.1 Å². The van der Waals surface area contributed by atoms with E-state index in [1.807, 2.05) is 72.7 Å². The predicted octanol–water partition coefficient (Wildman–Crippen LogP) is 6.58. The van der Waals surface area contributed by atoms with Crippen molar-refractivity contribution < 1.29 is 19.1 Å². The zero-order valence-corrected chi connectivity index (χ0v) is 26.3. The first-order valence-corrected chi connectivity index (χ1v) is 14.8. The number of carbonyl (C=O) groups excluding carboxylic acids is 2. The van der Waals surface area contributed by atoms with Gasteiger partial charge < -0.3 is 24.8 Å². The lowest BCUT2D eigenvalue weighted by molar-refractivity contribution is 0.0218. The van der Waals surface area contributed by atoms with Crippen molar-refractivity contribution in [2.45, 2.75) is 84.6 Å². The number of H-pyrrole nitrogens is 2. The summed E-state index contributed by atoms with van der Waals surface area (Å²) in [5.74, 6) is 1.34. The molecule has 1 fully saturated rings. The highest BCUT2D eigenvalue weighted by atomic mass is 16.6. The highest BCUT2D eigenvalue weighted by molar-refractivity contribution is 5.70. The molecule has 0 bridgehead atoms. The van der Waals surface area contributed by atoms with E-state index in [1.54, 1.807) is 29.7 Å². The average molecular weight is 601 g/mol. The van der Waals surface area contributed by atoms with Crippen LogP contribution in [-0.4, -0.2) is 64.7 Å². The number of likely N-dealkylation sites (tertiary alicyclic amines) is 1. The van der Waals surface area contributed by atoms with E-state index in [-0.39, 0.29) is 18.2 Å².